The summed E-state index contributed by atoms with van der Waals surface area (Å²) in [5.41, 5.74) is 7.16. The molecule has 2 unspecified atom stereocenters. The van der Waals surface area contributed by atoms with Crippen LogP contribution < -0.4 is 5.73 Å². The van der Waals surface area contributed by atoms with Crippen molar-refractivity contribution in [1.29, 1.82) is 0 Å². The molecule has 2 aromatic rings. The molecule has 2 atom stereocenters. The Morgan fingerprint density at radius 2 is 2.25 bits per heavy atom. The van der Waals surface area contributed by atoms with E-state index in [2.05, 4.69) is 4.98 Å². The Morgan fingerprint density at radius 3 is 3.08 bits per heavy atom. The van der Waals surface area contributed by atoms with Gasteiger partial charge >= 0.3 is 0 Å². The highest BCUT2D eigenvalue weighted by Crippen LogP contribution is 2.17. The zero-order valence-electron chi connectivity index (χ0n) is 8.62. The third kappa shape index (κ3) is 1.10. The number of nitrogens with two attached hydrogens (primary N) is 1. The van der Waals surface area contributed by atoms with Gasteiger partial charge in [-0.1, -0.05) is 18.2 Å². The van der Waals surface area contributed by atoms with Crippen molar-refractivity contribution in [1.82, 2.24) is 4.98 Å². The summed E-state index contributed by atoms with van der Waals surface area (Å²) in [7, 11) is 0. The van der Waals surface area contributed by atoms with Gasteiger partial charge in [0.2, 0.25) is 0 Å². The van der Waals surface area contributed by atoms with Gasteiger partial charge in [-0.2, -0.15) is 0 Å². The summed E-state index contributed by atoms with van der Waals surface area (Å²) in [5, 5.41) is 0.982. The molecular formula is C10H12N2. The third-order valence-corrected chi connectivity index (χ3v) is 1.90. The Labute approximate surface area is 74.2 Å². The summed E-state index contributed by atoms with van der Waals surface area (Å²) >= 11 is 0. The van der Waals surface area contributed by atoms with Crippen LogP contribution in [0.15, 0.2) is 30.5 Å². The number of H-pyrrole nitrogens is 1. The molecule has 1 aromatic heterocycles. The van der Waals surface area contributed by atoms with E-state index in [0.29, 0.717) is 0 Å². The lowest BCUT2D eigenvalue weighted by molar-refractivity contribution is 0.976. The fourth-order valence-electron chi connectivity index (χ4n) is 1.34. The largest absolute Gasteiger partial charge is 0.361 e. The average molecular weight is 162 g/mol. The molecule has 1 aromatic carbocycles. The van der Waals surface area contributed by atoms with E-state index in [1.54, 1.807) is 6.20 Å². The molecule has 0 aliphatic rings. The third-order valence-electron chi connectivity index (χ3n) is 1.90. The predicted molar refractivity (Wildman–Crippen MR) is 51.1 cm³/mol. The van der Waals surface area contributed by atoms with Crippen molar-refractivity contribution < 1.29 is 2.74 Å². The Hall–Kier alpha value is -1.28. The van der Waals surface area contributed by atoms with Gasteiger partial charge in [-0.05, 0) is 24.5 Å². The number of rotatable bonds is 2. The first kappa shape index (κ1) is 5.38. The van der Waals surface area contributed by atoms with E-state index in [-0.39, 0.29) is 0 Å². The molecule has 0 amide bonds. The van der Waals surface area contributed by atoms with E-state index in [1.807, 2.05) is 24.3 Å². The number of fused-ring (bicyclic) bond motifs is 1. The highest BCUT2D eigenvalue weighted by atomic mass is 14.7. The fraction of sp³-hybridized carbons (Fsp3) is 0.200. The first-order valence-corrected chi connectivity index (χ1v) is 3.86. The van der Waals surface area contributed by atoms with Gasteiger partial charge in [-0.3, -0.25) is 0 Å². The van der Waals surface area contributed by atoms with Gasteiger partial charge in [-0.15, -0.1) is 0 Å². The zero-order chi connectivity index (χ0) is 10.1. The Balaban J connectivity index is 2.53. The maximum absolute atomic E-state index is 7.73. The second-order valence-electron chi connectivity index (χ2n) is 2.65. The van der Waals surface area contributed by atoms with Gasteiger partial charge in [0.1, 0.15) is 0 Å². The monoisotopic (exact) mass is 162 g/mol. The van der Waals surface area contributed by atoms with Gasteiger partial charge in [0.05, 0.1) is 0 Å². The minimum absolute atomic E-state index is 0.689. The number of hydrogen-bond acceptors (Lipinski definition) is 1. The molecule has 0 saturated heterocycles. The number of aromatic amines is 1. The summed E-state index contributed by atoms with van der Waals surface area (Å²) in [6.45, 7) is -0.894. The average Bonchev–Trinajstić information content (AvgIpc) is 2.60. The number of hydrogen-bond donors (Lipinski definition) is 2. The molecule has 12 heavy (non-hydrogen) atoms. The molecule has 62 valence electrons. The van der Waals surface area contributed by atoms with Gasteiger partial charge in [0, 0.05) is 19.8 Å². The summed E-state index contributed by atoms with van der Waals surface area (Å²) in [4.78, 5) is 3.07. The number of para-hydroxylation sites is 1. The van der Waals surface area contributed by atoms with E-state index in [1.165, 1.54) is 0 Å². The van der Waals surface area contributed by atoms with Crippen LogP contribution in [0.25, 0.3) is 10.9 Å². The second-order valence-corrected chi connectivity index (χ2v) is 2.65. The first-order valence-electron chi connectivity index (χ1n) is 5.01. The van der Waals surface area contributed by atoms with E-state index >= 15 is 0 Å². The molecule has 0 fully saturated rings. The number of nitrogens with one attached hydrogen (secondary N) is 1. The number of benzene rings is 1. The molecule has 0 aliphatic carbocycles. The van der Waals surface area contributed by atoms with Crippen LogP contribution in [0.5, 0.6) is 0 Å². The molecule has 2 nitrogen and oxygen atoms in total. The highest BCUT2D eigenvalue weighted by molar-refractivity contribution is 5.82. The van der Waals surface area contributed by atoms with Gasteiger partial charge in [0.15, 0.2) is 0 Å². The maximum Gasteiger partial charge on any atom is 0.0456 e. The van der Waals surface area contributed by atoms with E-state index in [9.17, 15) is 0 Å². The molecule has 3 N–H and O–H groups in total. The van der Waals surface area contributed by atoms with Crippen molar-refractivity contribution in [2.75, 3.05) is 6.52 Å². The molecule has 0 radical (unpaired) electrons. The van der Waals surface area contributed by atoms with E-state index < -0.39 is 12.9 Å². The van der Waals surface area contributed by atoms with Crippen LogP contribution in [0.2, 0.25) is 0 Å². The molecule has 2 heteroatoms. The summed E-state index contributed by atoms with van der Waals surface area (Å²) in [6.07, 6.45) is 1.07. The number of aromatic nitrogens is 1. The van der Waals surface area contributed by atoms with Crippen LogP contribution in [0.4, 0.5) is 0 Å². The maximum atomic E-state index is 7.73. The Kier molecular flexibility index (Phi) is 1.34. The molecule has 2 rings (SSSR count). The van der Waals surface area contributed by atoms with Crippen molar-refractivity contribution in [3.05, 3.63) is 36.0 Å². The van der Waals surface area contributed by atoms with Crippen LogP contribution in [0, 0.1) is 0 Å². The second kappa shape index (κ2) is 2.99. The predicted octanol–water partition coefficient (Wildman–Crippen LogP) is 1.67. The molecule has 0 saturated carbocycles. The van der Waals surface area contributed by atoms with Gasteiger partial charge in [-0.25, -0.2) is 0 Å². The van der Waals surface area contributed by atoms with E-state index in [0.717, 1.165) is 16.5 Å². The highest BCUT2D eigenvalue weighted by Gasteiger charge is 1.99. The Bertz CT molecular complexity index is 436. The lowest BCUT2D eigenvalue weighted by atomic mass is 10.1. The van der Waals surface area contributed by atoms with Crippen molar-refractivity contribution >= 4 is 10.9 Å². The quantitative estimate of drug-likeness (QED) is 0.693. The SMILES string of the molecule is [2H]C(N)C([2H])c1c[nH]c2ccccc12. The summed E-state index contributed by atoms with van der Waals surface area (Å²) in [5.74, 6) is 0. The molecule has 1 heterocycles. The van der Waals surface area contributed by atoms with Gasteiger partial charge < -0.3 is 10.7 Å². The molecular weight excluding hydrogens is 148 g/mol. The standard InChI is InChI=1S/C10H12N2/c11-6-5-8-7-12-10-4-2-1-3-9(8)10/h1-4,7,12H,5-6,11H2/i5D,6D. The lowest BCUT2D eigenvalue weighted by Gasteiger charge is -1.93. The fourth-order valence-corrected chi connectivity index (χ4v) is 1.34. The molecule has 0 aliphatic heterocycles. The van der Waals surface area contributed by atoms with Gasteiger partial charge in [0.25, 0.3) is 0 Å². The smallest absolute Gasteiger partial charge is 0.0456 e. The summed E-state index contributed by atoms with van der Waals surface area (Å²) < 4.78 is 15.0. The van der Waals surface area contributed by atoms with Crippen LogP contribution in [-0.4, -0.2) is 11.5 Å². The molecule has 0 spiro atoms. The van der Waals surface area contributed by atoms with Crippen LogP contribution in [0.3, 0.4) is 0 Å². The lowest BCUT2D eigenvalue weighted by Crippen LogP contribution is -2.01. The normalized spacial score (nSPS) is 18.4. The zero-order valence-corrected chi connectivity index (χ0v) is 6.62. The molecule has 0 bridgehead atoms. The Morgan fingerprint density at radius 1 is 1.42 bits per heavy atom. The topological polar surface area (TPSA) is 41.8 Å². The van der Waals surface area contributed by atoms with Crippen LogP contribution in [0.1, 0.15) is 8.30 Å². The van der Waals surface area contributed by atoms with Crippen molar-refractivity contribution in [3.63, 3.8) is 0 Å². The number of aryl methyl sites for hydroxylation is 1. The summed E-state index contributed by atoms with van der Waals surface area (Å²) in [6, 6.07) is 7.73. The van der Waals surface area contributed by atoms with Crippen molar-refractivity contribution in [2.45, 2.75) is 6.40 Å². The van der Waals surface area contributed by atoms with Crippen molar-refractivity contribution in [2.24, 2.45) is 5.73 Å². The first-order chi connectivity index (χ1) is 6.70. The van der Waals surface area contributed by atoms with Crippen LogP contribution >= 0.6 is 0 Å². The van der Waals surface area contributed by atoms with Crippen molar-refractivity contribution in [3.8, 4) is 0 Å². The van der Waals surface area contributed by atoms with Crippen LogP contribution in [-0.2, 0) is 6.40 Å². The minimum atomic E-state index is -0.894. The van der Waals surface area contributed by atoms with E-state index in [4.69, 9.17) is 8.48 Å². The minimum Gasteiger partial charge on any atom is -0.361 e.